The largest absolute Gasteiger partial charge is 0.389 e. The molecule has 3 aromatic rings. The summed E-state index contributed by atoms with van der Waals surface area (Å²) >= 11 is 0. The average Bonchev–Trinajstić information content (AvgIpc) is 3.44. The zero-order valence-corrected chi connectivity index (χ0v) is 17.9. The number of alkyl halides is 1. The average molecular weight is 469 g/mol. The van der Waals surface area contributed by atoms with Crippen LogP contribution in [-0.2, 0) is 4.74 Å². The molecule has 5 rings (SSSR count). The molecule has 1 aromatic carbocycles. The van der Waals surface area contributed by atoms with Crippen LogP contribution in [-0.4, -0.2) is 74.2 Å². The van der Waals surface area contributed by atoms with Crippen LogP contribution in [0.4, 0.5) is 14.6 Å². The summed E-state index contributed by atoms with van der Waals surface area (Å²) < 4.78 is 33.8. The number of aromatic nitrogens is 4. The highest BCUT2D eigenvalue weighted by atomic mass is 19.1. The van der Waals surface area contributed by atoms with Gasteiger partial charge in [0.25, 0.3) is 5.91 Å². The summed E-state index contributed by atoms with van der Waals surface area (Å²) in [6.45, 7) is 0.443. The van der Waals surface area contributed by atoms with E-state index in [9.17, 15) is 23.9 Å². The van der Waals surface area contributed by atoms with Crippen molar-refractivity contribution in [1.29, 1.82) is 5.26 Å². The molecular weight excluding hydrogens is 448 g/mol. The Morgan fingerprint density at radius 2 is 2.21 bits per heavy atom. The topological polar surface area (TPSA) is 140 Å². The standard InChI is InChI=1S/C22H21F2N7O3/c23-13-4-11(7-25)3-12(5-13)16-6-14(24)8-31(16)22(33)19-18-20(26-10-27-21(18)30-29-19)28-15-1-2-34-9-17(15)32/h3-5,10,14-17,32H,1-2,6,8-9H2,(H2,26,27,28,29,30)/t14-,15+,16+,17+/m0/s1. The first-order valence-corrected chi connectivity index (χ1v) is 10.8. The minimum absolute atomic E-state index is 0.0258. The molecule has 176 valence electrons. The van der Waals surface area contributed by atoms with Gasteiger partial charge in [0.1, 0.15) is 29.8 Å². The number of halogens is 2. The molecule has 2 saturated heterocycles. The lowest BCUT2D eigenvalue weighted by Gasteiger charge is -2.29. The third-order valence-corrected chi connectivity index (χ3v) is 6.16. The molecule has 0 aliphatic carbocycles. The smallest absolute Gasteiger partial charge is 0.273 e. The molecule has 12 heteroatoms. The van der Waals surface area contributed by atoms with Gasteiger partial charge in [-0.25, -0.2) is 18.7 Å². The van der Waals surface area contributed by atoms with Gasteiger partial charge < -0.3 is 20.1 Å². The Kier molecular flexibility index (Phi) is 5.80. The monoisotopic (exact) mass is 469 g/mol. The van der Waals surface area contributed by atoms with Gasteiger partial charge in [-0.1, -0.05) is 0 Å². The zero-order chi connectivity index (χ0) is 23.8. The number of nitrogens with one attached hydrogen (secondary N) is 2. The van der Waals surface area contributed by atoms with E-state index in [0.29, 0.717) is 29.8 Å². The van der Waals surface area contributed by atoms with E-state index in [1.165, 1.54) is 23.4 Å². The fourth-order valence-corrected chi connectivity index (χ4v) is 4.53. The zero-order valence-electron chi connectivity index (χ0n) is 17.9. The van der Waals surface area contributed by atoms with Crippen molar-refractivity contribution in [3.8, 4) is 6.07 Å². The molecule has 0 spiro atoms. The Hall–Kier alpha value is -3.69. The molecule has 4 heterocycles. The Balaban J connectivity index is 1.50. The molecule has 2 fully saturated rings. The van der Waals surface area contributed by atoms with E-state index in [0.717, 1.165) is 6.07 Å². The van der Waals surface area contributed by atoms with Crippen LogP contribution in [0.1, 0.15) is 40.5 Å². The third-order valence-electron chi connectivity index (χ3n) is 6.16. The van der Waals surface area contributed by atoms with E-state index in [2.05, 4.69) is 25.5 Å². The molecule has 0 bridgehead atoms. The second kappa shape index (κ2) is 8.92. The van der Waals surface area contributed by atoms with Crippen LogP contribution in [0.2, 0.25) is 0 Å². The van der Waals surface area contributed by atoms with Gasteiger partial charge in [0.15, 0.2) is 5.65 Å². The van der Waals surface area contributed by atoms with Crippen molar-refractivity contribution in [3.63, 3.8) is 0 Å². The van der Waals surface area contributed by atoms with Gasteiger partial charge in [-0.05, 0) is 30.2 Å². The highest BCUT2D eigenvalue weighted by molar-refractivity contribution is 6.07. The van der Waals surface area contributed by atoms with Crippen molar-refractivity contribution in [2.45, 2.75) is 37.2 Å². The first kappa shape index (κ1) is 22.1. The molecule has 4 atom stereocenters. The molecule has 2 aliphatic rings. The first-order valence-electron chi connectivity index (χ1n) is 10.8. The number of amides is 1. The van der Waals surface area contributed by atoms with Crippen LogP contribution in [0.25, 0.3) is 11.0 Å². The predicted octanol–water partition coefficient (Wildman–Crippen LogP) is 1.85. The van der Waals surface area contributed by atoms with Crippen molar-refractivity contribution in [3.05, 3.63) is 47.2 Å². The van der Waals surface area contributed by atoms with Crippen molar-refractivity contribution in [1.82, 2.24) is 25.1 Å². The molecule has 2 aliphatic heterocycles. The molecule has 10 nitrogen and oxygen atoms in total. The number of hydrogen-bond acceptors (Lipinski definition) is 8. The summed E-state index contributed by atoms with van der Waals surface area (Å²) in [5.41, 5.74) is 0.712. The Morgan fingerprint density at radius 3 is 3.00 bits per heavy atom. The van der Waals surface area contributed by atoms with E-state index < -0.39 is 30.0 Å². The number of rotatable bonds is 4. The van der Waals surface area contributed by atoms with Gasteiger partial charge in [-0.3, -0.25) is 9.89 Å². The van der Waals surface area contributed by atoms with Crippen LogP contribution in [0, 0.1) is 17.1 Å². The summed E-state index contributed by atoms with van der Waals surface area (Å²) in [6.07, 6.45) is -0.280. The maximum Gasteiger partial charge on any atom is 0.273 e. The lowest BCUT2D eigenvalue weighted by Crippen LogP contribution is -2.42. The second-order valence-corrected chi connectivity index (χ2v) is 8.39. The number of carbonyl (C=O) groups is 1. The van der Waals surface area contributed by atoms with Gasteiger partial charge in [0.05, 0.1) is 48.4 Å². The lowest BCUT2D eigenvalue weighted by molar-refractivity contribution is -0.0135. The maximum atomic E-state index is 14.5. The van der Waals surface area contributed by atoms with Crippen LogP contribution >= 0.6 is 0 Å². The number of benzene rings is 1. The van der Waals surface area contributed by atoms with Crippen molar-refractivity contribution < 1.29 is 23.4 Å². The summed E-state index contributed by atoms with van der Waals surface area (Å²) in [7, 11) is 0. The van der Waals surface area contributed by atoms with Crippen molar-refractivity contribution in [2.24, 2.45) is 0 Å². The van der Waals surface area contributed by atoms with E-state index in [4.69, 9.17) is 4.74 Å². The Morgan fingerprint density at radius 1 is 1.35 bits per heavy atom. The number of H-pyrrole nitrogens is 1. The number of anilines is 1. The molecule has 0 unspecified atom stereocenters. The molecule has 3 N–H and O–H groups in total. The van der Waals surface area contributed by atoms with Crippen molar-refractivity contribution >= 4 is 22.8 Å². The number of nitrogens with zero attached hydrogens (tertiary/aromatic N) is 5. The number of aliphatic hydroxyl groups excluding tert-OH is 1. The van der Waals surface area contributed by atoms with Crippen LogP contribution in [0.5, 0.6) is 0 Å². The second-order valence-electron chi connectivity index (χ2n) is 8.39. The van der Waals surface area contributed by atoms with Crippen LogP contribution in [0.15, 0.2) is 24.5 Å². The van der Waals surface area contributed by atoms with Crippen LogP contribution in [0.3, 0.4) is 0 Å². The SMILES string of the molecule is N#Cc1cc(F)cc([C@H]2C[C@H](F)CN2C(=O)c2[nH]nc3ncnc(N[C@@H]4CCOC[C@H]4O)c23)c1. The maximum absolute atomic E-state index is 14.5. The van der Waals surface area contributed by atoms with E-state index in [1.54, 1.807) is 0 Å². The number of nitriles is 1. The van der Waals surface area contributed by atoms with E-state index >= 15 is 0 Å². The number of ether oxygens (including phenoxy) is 1. The number of carbonyl (C=O) groups excluding carboxylic acids is 1. The minimum Gasteiger partial charge on any atom is -0.389 e. The number of aliphatic hydroxyl groups is 1. The quantitative estimate of drug-likeness (QED) is 0.526. The van der Waals surface area contributed by atoms with Crippen molar-refractivity contribution in [2.75, 3.05) is 25.1 Å². The number of aromatic amines is 1. The number of likely N-dealkylation sites (tertiary alicyclic amines) is 1. The third kappa shape index (κ3) is 4.04. The van der Waals surface area contributed by atoms with Crippen LogP contribution < -0.4 is 5.32 Å². The highest BCUT2D eigenvalue weighted by Gasteiger charge is 2.39. The van der Waals surface area contributed by atoms with Gasteiger partial charge in [-0.15, -0.1) is 0 Å². The van der Waals surface area contributed by atoms with E-state index in [-0.39, 0.29) is 42.5 Å². The summed E-state index contributed by atoms with van der Waals surface area (Å²) in [5, 5.41) is 29.6. The molecule has 0 saturated carbocycles. The normalized spacial score (nSPS) is 24.8. The summed E-state index contributed by atoms with van der Waals surface area (Å²) in [4.78, 5) is 23.2. The lowest BCUT2D eigenvalue weighted by atomic mass is 10.0. The van der Waals surface area contributed by atoms with Gasteiger partial charge in [-0.2, -0.15) is 10.4 Å². The first-order chi connectivity index (χ1) is 16.4. The Labute approximate surface area is 192 Å². The van der Waals surface area contributed by atoms with Gasteiger partial charge in [0.2, 0.25) is 0 Å². The molecule has 34 heavy (non-hydrogen) atoms. The molecular formula is C22H21F2N7O3. The van der Waals surface area contributed by atoms with E-state index in [1.807, 2.05) is 6.07 Å². The predicted molar refractivity (Wildman–Crippen MR) is 115 cm³/mol. The molecule has 1 amide bonds. The fourth-order valence-electron chi connectivity index (χ4n) is 4.53. The number of hydrogen-bond donors (Lipinski definition) is 3. The molecule has 2 aromatic heterocycles. The minimum atomic E-state index is -1.32. The summed E-state index contributed by atoms with van der Waals surface area (Å²) in [5.74, 6) is -0.885. The van der Waals surface area contributed by atoms with Gasteiger partial charge >= 0.3 is 0 Å². The van der Waals surface area contributed by atoms with Gasteiger partial charge in [0, 0.05) is 13.0 Å². The summed E-state index contributed by atoms with van der Waals surface area (Å²) in [6, 6.07) is 4.52. The molecule has 0 radical (unpaired) electrons. The highest BCUT2D eigenvalue weighted by Crippen LogP contribution is 2.36. The number of fused-ring (bicyclic) bond motifs is 1. The Bertz CT molecular complexity index is 1280. The fraction of sp³-hybridized carbons (Fsp3) is 0.409.